The van der Waals surface area contributed by atoms with E-state index in [1.807, 2.05) is 50.8 Å². The van der Waals surface area contributed by atoms with E-state index >= 15 is 0 Å². The Labute approximate surface area is 173 Å². The number of allylic oxidation sites excluding steroid dienone is 2. The molecule has 1 aliphatic heterocycles. The van der Waals surface area contributed by atoms with Crippen molar-refractivity contribution in [3.63, 3.8) is 0 Å². The van der Waals surface area contributed by atoms with Crippen LogP contribution in [0.15, 0.2) is 71.7 Å². The fraction of sp³-hybridized carbons (Fsp3) is 0.375. The van der Waals surface area contributed by atoms with E-state index in [1.54, 1.807) is 12.3 Å². The Bertz CT molecular complexity index is 838. The highest BCUT2D eigenvalue weighted by Crippen LogP contribution is 2.34. The lowest BCUT2D eigenvalue weighted by Crippen LogP contribution is -2.32. The van der Waals surface area contributed by atoms with Crippen LogP contribution in [0, 0.1) is 5.82 Å². The molecule has 29 heavy (non-hydrogen) atoms. The van der Waals surface area contributed by atoms with Crippen LogP contribution in [0.4, 0.5) is 4.39 Å². The minimum atomic E-state index is -0.343. The summed E-state index contributed by atoms with van der Waals surface area (Å²) in [6.07, 6.45) is 6.60. The first kappa shape index (κ1) is 22.6. The summed E-state index contributed by atoms with van der Waals surface area (Å²) in [5.41, 5.74) is 3.75. The van der Waals surface area contributed by atoms with Crippen LogP contribution in [-0.2, 0) is 20.9 Å². The van der Waals surface area contributed by atoms with Gasteiger partial charge >= 0.3 is 5.97 Å². The average Bonchev–Trinajstić information content (AvgIpc) is 2.72. The lowest BCUT2D eigenvalue weighted by atomic mass is 9.95. The topological polar surface area (TPSA) is 38.8 Å². The molecule has 156 valence electrons. The van der Waals surface area contributed by atoms with E-state index < -0.39 is 0 Å². The molecule has 0 spiro atoms. The average molecular weight is 400 g/mol. The number of halogens is 1. The van der Waals surface area contributed by atoms with Gasteiger partial charge in [-0.1, -0.05) is 38.6 Å². The van der Waals surface area contributed by atoms with Gasteiger partial charge in [-0.2, -0.15) is 0 Å². The maximum absolute atomic E-state index is 13.5. The summed E-state index contributed by atoms with van der Waals surface area (Å²) in [7, 11) is 0. The molecule has 0 radical (unpaired) electrons. The number of nitrogens with zero attached hydrogens (tertiary/aromatic N) is 1. The SMILES string of the molecule is C=CN1C(C(CC)OCc2cccc(F)c2)=C(C)C(C(=O)OCCC)=C/C1=C/C. The lowest BCUT2D eigenvalue weighted by Gasteiger charge is -2.35. The molecule has 1 atom stereocenters. The molecule has 1 heterocycles. The van der Waals surface area contributed by atoms with Gasteiger partial charge in [0, 0.05) is 11.9 Å². The number of rotatable bonds is 9. The summed E-state index contributed by atoms with van der Waals surface area (Å²) in [4.78, 5) is 14.6. The van der Waals surface area contributed by atoms with Gasteiger partial charge in [-0.25, -0.2) is 9.18 Å². The molecule has 0 saturated carbocycles. The van der Waals surface area contributed by atoms with Crippen LogP contribution >= 0.6 is 0 Å². The largest absolute Gasteiger partial charge is 0.462 e. The van der Waals surface area contributed by atoms with E-state index in [-0.39, 0.29) is 24.5 Å². The van der Waals surface area contributed by atoms with E-state index in [4.69, 9.17) is 9.47 Å². The number of carbonyl (C=O) groups excluding carboxylic acids is 1. The van der Waals surface area contributed by atoms with Crippen LogP contribution in [0.5, 0.6) is 0 Å². The van der Waals surface area contributed by atoms with Crippen molar-refractivity contribution in [1.82, 2.24) is 4.90 Å². The Morgan fingerprint density at radius 3 is 2.69 bits per heavy atom. The molecule has 4 nitrogen and oxygen atoms in total. The molecule has 0 aliphatic carbocycles. The predicted octanol–water partition coefficient (Wildman–Crippen LogP) is 5.64. The summed E-state index contributed by atoms with van der Waals surface area (Å²) < 4.78 is 25.0. The lowest BCUT2D eigenvalue weighted by molar-refractivity contribution is -0.138. The minimum Gasteiger partial charge on any atom is -0.462 e. The van der Waals surface area contributed by atoms with Crippen molar-refractivity contribution in [2.75, 3.05) is 6.61 Å². The van der Waals surface area contributed by atoms with Gasteiger partial charge in [0.1, 0.15) is 5.82 Å². The highest BCUT2D eigenvalue weighted by atomic mass is 19.1. The van der Waals surface area contributed by atoms with E-state index in [0.29, 0.717) is 18.6 Å². The molecular formula is C24H30FNO3. The maximum Gasteiger partial charge on any atom is 0.338 e. The molecule has 1 aromatic carbocycles. The Kier molecular flexibility index (Phi) is 8.40. The van der Waals surface area contributed by atoms with Gasteiger partial charge in [-0.05, 0) is 56.0 Å². The maximum atomic E-state index is 13.5. The fourth-order valence-electron chi connectivity index (χ4n) is 3.30. The van der Waals surface area contributed by atoms with Crippen molar-refractivity contribution < 1.29 is 18.7 Å². The molecule has 1 aliphatic rings. The van der Waals surface area contributed by atoms with Gasteiger partial charge in [0.2, 0.25) is 0 Å². The summed E-state index contributed by atoms with van der Waals surface area (Å²) >= 11 is 0. The van der Waals surface area contributed by atoms with Crippen molar-refractivity contribution in [3.8, 4) is 0 Å². The third-order valence-electron chi connectivity index (χ3n) is 4.77. The second-order valence-corrected chi connectivity index (χ2v) is 6.81. The minimum absolute atomic E-state index is 0.266. The van der Waals surface area contributed by atoms with Crippen LogP contribution in [0.2, 0.25) is 0 Å². The van der Waals surface area contributed by atoms with Crippen LogP contribution in [0.25, 0.3) is 0 Å². The van der Waals surface area contributed by atoms with Crippen LogP contribution < -0.4 is 0 Å². The first-order valence-corrected chi connectivity index (χ1v) is 10.0. The van der Waals surface area contributed by atoms with Crippen LogP contribution in [-0.4, -0.2) is 23.6 Å². The second kappa shape index (κ2) is 10.8. The summed E-state index contributed by atoms with van der Waals surface area (Å²) in [5, 5.41) is 0. The van der Waals surface area contributed by atoms with Crippen molar-refractivity contribution in [1.29, 1.82) is 0 Å². The number of carbonyl (C=O) groups is 1. The van der Waals surface area contributed by atoms with Crippen molar-refractivity contribution in [2.24, 2.45) is 0 Å². The molecule has 0 aromatic heterocycles. The summed E-state index contributed by atoms with van der Waals surface area (Å²) in [5.74, 6) is -0.634. The Morgan fingerprint density at radius 2 is 2.10 bits per heavy atom. The van der Waals surface area contributed by atoms with E-state index in [1.165, 1.54) is 12.1 Å². The molecule has 5 heteroatoms. The second-order valence-electron chi connectivity index (χ2n) is 6.81. The molecule has 0 bridgehead atoms. The quantitative estimate of drug-likeness (QED) is 0.504. The van der Waals surface area contributed by atoms with Gasteiger partial charge < -0.3 is 14.4 Å². The molecule has 0 N–H and O–H groups in total. The Morgan fingerprint density at radius 1 is 1.34 bits per heavy atom. The molecule has 0 amide bonds. The first-order chi connectivity index (χ1) is 14.0. The van der Waals surface area contributed by atoms with Gasteiger partial charge in [0.05, 0.1) is 30.6 Å². The summed E-state index contributed by atoms with van der Waals surface area (Å²) in [6.45, 7) is 12.4. The highest BCUT2D eigenvalue weighted by molar-refractivity contribution is 5.94. The van der Waals surface area contributed by atoms with Crippen molar-refractivity contribution in [3.05, 3.63) is 83.1 Å². The smallest absolute Gasteiger partial charge is 0.338 e. The fourth-order valence-corrected chi connectivity index (χ4v) is 3.30. The zero-order chi connectivity index (χ0) is 21.4. The molecular weight excluding hydrogens is 369 g/mol. The molecule has 1 aromatic rings. The third-order valence-corrected chi connectivity index (χ3v) is 4.77. The van der Waals surface area contributed by atoms with Gasteiger partial charge in [0.25, 0.3) is 0 Å². The number of ether oxygens (including phenoxy) is 2. The van der Waals surface area contributed by atoms with E-state index in [9.17, 15) is 9.18 Å². The van der Waals surface area contributed by atoms with Crippen molar-refractivity contribution >= 4 is 5.97 Å². The van der Waals surface area contributed by atoms with Crippen LogP contribution in [0.3, 0.4) is 0 Å². The number of benzene rings is 1. The van der Waals surface area contributed by atoms with E-state index in [0.717, 1.165) is 29.0 Å². The predicted molar refractivity (Wildman–Crippen MR) is 113 cm³/mol. The third kappa shape index (κ3) is 5.45. The van der Waals surface area contributed by atoms with Crippen LogP contribution in [0.1, 0.15) is 46.1 Å². The number of esters is 1. The Hall–Kier alpha value is -2.66. The zero-order valence-electron chi connectivity index (χ0n) is 17.7. The molecule has 0 fully saturated rings. The number of hydrogen-bond donors (Lipinski definition) is 0. The first-order valence-electron chi connectivity index (χ1n) is 10.0. The molecule has 0 saturated heterocycles. The Balaban J connectivity index is 2.37. The summed E-state index contributed by atoms with van der Waals surface area (Å²) in [6, 6.07) is 6.36. The highest BCUT2D eigenvalue weighted by Gasteiger charge is 2.30. The molecule has 1 unspecified atom stereocenters. The van der Waals surface area contributed by atoms with E-state index in [2.05, 4.69) is 6.58 Å². The normalized spacial score (nSPS) is 16.7. The van der Waals surface area contributed by atoms with Gasteiger partial charge in [-0.15, -0.1) is 0 Å². The zero-order valence-corrected chi connectivity index (χ0v) is 17.7. The molecule has 2 rings (SSSR count). The van der Waals surface area contributed by atoms with Gasteiger partial charge in [0.15, 0.2) is 0 Å². The standard InChI is InChI=1S/C24H30FNO3/c1-6-13-28-24(27)21-15-20(7-2)26(9-4)23(17(21)5)22(8-3)29-16-18-11-10-12-19(25)14-18/h7,9-12,14-15,22H,4,6,8,13,16H2,1-3,5H3/b20-7-. The van der Waals surface area contributed by atoms with Crippen molar-refractivity contribution in [2.45, 2.75) is 53.2 Å². The monoisotopic (exact) mass is 399 g/mol. The number of hydrogen-bond acceptors (Lipinski definition) is 4. The van der Waals surface area contributed by atoms with Gasteiger partial charge in [-0.3, -0.25) is 0 Å².